The van der Waals surface area contributed by atoms with E-state index in [0.717, 1.165) is 0 Å². The summed E-state index contributed by atoms with van der Waals surface area (Å²) in [5.74, 6) is -0.982. The van der Waals surface area contributed by atoms with Gasteiger partial charge in [-0.05, 0) is 46.3 Å². The molecule has 92 valence electrons. The number of hydrogen-bond acceptors (Lipinski definition) is 2. The van der Waals surface area contributed by atoms with Crippen LogP contribution in [0.2, 0.25) is 0 Å². The third-order valence-corrected chi connectivity index (χ3v) is 3.74. The number of hydrogen-bond donors (Lipinski definition) is 1. The van der Waals surface area contributed by atoms with Crippen LogP contribution in [0.4, 0.5) is 10.1 Å². The minimum Gasteiger partial charge on any atom is -0.399 e. The lowest BCUT2D eigenvalue weighted by molar-refractivity contribution is 0.103. The van der Waals surface area contributed by atoms with Gasteiger partial charge in [0.2, 0.25) is 0 Å². The van der Waals surface area contributed by atoms with Crippen molar-refractivity contribution in [1.29, 1.82) is 0 Å². The summed E-state index contributed by atoms with van der Waals surface area (Å²) in [7, 11) is 0. The number of carbonyl (C=O) groups is 1. The van der Waals surface area contributed by atoms with Gasteiger partial charge in [0.05, 0.1) is 10.0 Å². The van der Waals surface area contributed by atoms with Gasteiger partial charge in [-0.3, -0.25) is 4.79 Å². The van der Waals surface area contributed by atoms with Gasteiger partial charge in [-0.15, -0.1) is 0 Å². The van der Waals surface area contributed by atoms with Gasteiger partial charge in [0, 0.05) is 15.7 Å². The molecule has 0 spiro atoms. The molecule has 0 aliphatic heterocycles. The average Bonchev–Trinajstić information content (AvgIpc) is 2.35. The number of benzene rings is 2. The third kappa shape index (κ3) is 2.47. The molecule has 0 fully saturated rings. The van der Waals surface area contributed by atoms with Crippen molar-refractivity contribution < 1.29 is 9.18 Å². The second kappa shape index (κ2) is 5.20. The van der Waals surface area contributed by atoms with Crippen LogP contribution in [0, 0.1) is 5.82 Å². The van der Waals surface area contributed by atoms with Crippen molar-refractivity contribution in [3.8, 4) is 0 Å². The fraction of sp³-hybridized carbons (Fsp3) is 0. The van der Waals surface area contributed by atoms with Gasteiger partial charge in [0.15, 0.2) is 5.78 Å². The van der Waals surface area contributed by atoms with E-state index in [2.05, 4.69) is 31.9 Å². The molecule has 0 saturated carbocycles. The van der Waals surface area contributed by atoms with Crippen LogP contribution in [0.5, 0.6) is 0 Å². The fourth-order valence-corrected chi connectivity index (χ4v) is 2.33. The molecule has 2 rings (SSSR count). The Hall–Kier alpha value is -1.20. The Balaban J connectivity index is 2.55. The van der Waals surface area contributed by atoms with Gasteiger partial charge in [-0.2, -0.15) is 0 Å². The average molecular weight is 373 g/mol. The number of carbonyl (C=O) groups excluding carboxylic acids is 1. The summed E-state index contributed by atoms with van der Waals surface area (Å²) in [5.41, 5.74) is 6.44. The number of ketones is 1. The first-order valence-electron chi connectivity index (χ1n) is 5.04. The molecular formula is C13H8Br2FNO. The molecule has 0 unspecified atom stereocenters. The summed E-state index contributed by atoms with van der Waals surface area (Å²) in [5, 5.41) is 0. The van der Waals surface area contributed by atoms with Gasteiger partial charge < -0.3 is 5.73 Å². The predicted molar refractivity (Wildman–Crippen MR) is 76.1 cm³/mol. The largest absolute Gasteiger partial charge is 0.399 e. The van der Waals surface area contributed by atoms with E-state index in [1.807, 2.05) is 0 Å². The van der Waals surface area contributed by atoms with E-state index in [1.54, 1.807) is 24.3 Å². The van der Waals surface area contributed by atoms with Gasteiger partial charge in [-0.25, -0.2) is 4.39 Å². The normalized spacial score (nSPS) is 10.4. The molecule has 0 saturated heterocycles. The Morgan fingerprint density at radius 2 is 1.78 bits per heavy atom. The van der Waals surface area contributed by atoms with E-state index in [1.165, 1.54) is 12.1 Å². The lowest BCUT2D eigenvalue weighted by Crippen LogP contribution is -2.06. The lowest BCUT2D eigenvalue weighted by atomic mass is 10.0. The van der Waals surface area contributed by atoms with Gasteiger partial charge >= 0.3 is 0 Å². The van der Waals surface area contributed by atoms with Crippen LogP contribution >= 0.6 is 31.9 Å². The SMILES string of the molecule is Nc1ccc(Br)c(C(=O)c2cccc(Br)c2F)c1. The zero-order valence-electron chi connectivity index (χ0n) is 9.08. The maximum atomic E-state index is 13.9. The van der Waals surface area contributed by atoms with Crippen molar-refractivity contribution in [1.82, 2.24) is 0 Å². The maximum absolute atomic E-state index is 13.9. The predicted octanol–water partition coefficient (Wildman–Crippen LogP) is 4.16. The van der Waals surface area contributed by atoms with Crippen LogP contribution in [0.1, 0.15) is 15.9 Å². The maximum Gasteiger partial charge on any atom is 0.197 e. The molecule has 0 bridgehead atoms. The molecule has 0 heterocycles. The Morgan fingerprint density at radius 3 is 2.50 bits per heavy atom. The molecule has 2 N–H and O–H groups in total. The third-order valence-electron chi connectivity index (χ3n) is 2.43. The number of anilines is 1. The highest BCUT2D eigenvalue weighted by molar-refractivity contribution is 9.10. The van der Waals surface area contributed by atoms with Crippen LogP contribution in [-0.4, -0.2) is 5.78 Å². The zero-order valence-corrected chi connectivity index (χ0v) is 12.3. The molecule has 0 amide bonds. The van der Waals surface area contributed by atoms with Gasteiger partial charge in [-0.1, -0.05) is 22.0 Å². The van der Waals surface area contributed by atoms with Crippen LogP contribution in [-0.2, 0) is 0 Å². The molecule has 0 radical (unpaired) electrons. The zero-order chi connectivity index (χ0) is 13.3. The van der Waals surface area contributed by atoms with Crippen LogP contribution in [0.25, 0.3) is 0 Å². The van der Waals surface area contributed by atoms with Gasteiger partial charge in [0.1, 0.15) is 5.82 Å². The van der Waals surface area contributed by atoms with Crippen molar-refractivity contribution >= 4 is 43.3 Å². The minimum atomic E-state index is -0.572. The first-order chi connectivity index (χ1) is 8.50. The molecule has 2 aromatic rings. The Bertz CT molecular complexity index is 624. The summed E-state index contributed by atoms with van der Waals surface area (Å²) in [6.07, 6.45) is 0. The topological polar surface area (TPSA) is 43.1 Å². The monoisotopic (exact) mass is 371 g/mol. The van der Waals surface area contributed by atoms with E-state index in [9.17, 15) is 9.18 Å². The Morgan fingerprint density at radius 1 is 1.06 bits per heavy atom. The highest BCUT2D eigenvalue weighted by Gasteiger charge is 2.18. The molecule has 18 heavy (non-hydrogen) atoms. The van der Waals surface area contributed by atoms with Crippen LogP contribution in [0.3, 0.4) is 0 Å². The van der Waals surface area contributed by atoms with Crippen molar-refractivity contribution in [3.63, 3.8) is 0 Å². The van der Waals surface area contributed by atoms with E-state index in [0.29, 0.717) is 15.7 Å². The molecule has 0 aromatic heterocycles. The summed E-state index contributed by atoms with van der Waals surface area (Å²) < 4.78 is 14.7. The molecule has 5 heteroatoms. The van der Waals surface area contributed by atoms with Crippen molar-refractivity contribution in [2.45, 2.75) is 0 Å². The molecule has 0 aliphatic carbocycles. The van der Waals surface area contributed by atoms with Crippen molar-refractivity contribution in [3.05, 3.63) is 62.3 Å². The second-order valence-corrected chi connectivity index (χ2v) is 5.38. The summed E-state index contributed by atoms with van der Waals surface area (Å²) in [4.78, 5) is 12.2. The quantitative estimate of drug-likeness (QED) is 0.635. The smallest absolute Gasteiger partial charge is 0.197 e. The first-order valence-corrected chi connectivity index (χ1v) is 6.63. The number of rotatable bonds is 2. The summed E-state index contributed by atoms with van der Waals surface area (Å²) in [6.45, 7) is 0. The highest BCUT2D eigenvalue weighted by Crippen LogP contribution is 2.26. The lowest BCUT2D eigenvalue weighted by Gasteiger charge is -2.07. The number of nitrogen functional groups attached to an aromatic ring is 1. The molecule has 0 atom stereocenters. The molecule has 0 aliphatic rings. The fourth-order valence-electron chi connectivity index (χ4n) is 1.54. The molecule has 2 nitrogen and oxygen atoms in total. The van der Waals surface area contributed by atoms with E-state index < -0.39 is 11.6 Å². The Labute approximate surface area is 120 Å². The standard InChI is InChI=1S/C13H8Br2FNO/c14-10-5-4-7(17)6-9(10)13(18)8-2-1-3-11(15)12(8)16/h1-6H,17H2. The molecular weight excluding hydrogens is 365 g/mol. The van der Waals surface area contributed by atoms with Crippen LogP contribution in [0.15, 0.2) is 45.3 Å². The van der Waals surface area contributed by atoms with Gasteiger partial charge in [0.25, 0.3) is 0 Å². The Kier molecular flexibility index (Phi) is 3.82. The summed E-state index contributed by atoms with van der Waals surface area (Å²) >= 11 is 6.32. The highest BCUT2D eigenvalue weighted by atomic mass is 79.9. The van der Waals surface area contributed by atoms with Crippen molar-refractivity contribution in [2.24, 2.45) is 0 Å². The van der Waals surface area contributed by atoms with E-state index in [4.69, 9.17) is 5.73 Å². The minimum absolute atomic E-state index is 0.00988. The number of nitrogens with two attached hydrogens (primary N) is 1. The van der Waals surface area contributed by atoms with E-state index in [-0.39, 0.29) is 10.0 Å². The molecule has 2 aromatic carbocycles. The first kappa shape index (κ1) is 13.2. The van der Waals surface area contributed by atoms with Crippen LogP contribution < -0.4 is 5.73 Å². The van der Waals surface area contributed by atoms with E-state index >= 15 is 0 Å². The second-order valence-electron chi connectivity index (χ2n) is 3.67. The number of halogens is 3. The van der Waals surface area contributed by atoms with Crippen molar-refractivity contribution in [2.75, 3.05) is 5.73 Å². The summed E-state index contributed by atoms with van der Waals surface area (Å²) in [6, 6.07) is 9.45.